The molecule has 2 aromatic carbocycles. The van der Waals surface area contributed by atoms with E-state index in [9.17, 15) is 14.3 Å². The van der Waals surface area contributed by atoms with Crippen molar-refractivity contribution in [1.82, 2.24) is 14.9 Å². The van der Waals surface area contributed by atoms with Crippen molar-refractivity contribution in [3.63, 3.8) is 0 Å². The number of β-amino-alcohol motifs (C(OH)–C–C–N with tert-alkyl or cyclic N) is 1. The van der Waals surface area contributed by atoms with E-state index < -0.39 is 18.0 Å². The SMILES string of the molecule is COc1cc2ncnc(Nc3cccc(Cl)c3F)c2cc1OC1CCC(N2C[C@H](O)C[C@H]2C(N)=O)CC1. The smallest absolute Gasteiger partial charge is 0.234 e. The van der Waals surface area contributed by atoms with Gasteiger partial charge in [0.25, 0.3) is 0 Å². The van der Waals surface area contributed by atoms with Crippen molar-refractivity contribution in [3.8, 4) is 11.5 Å². The van der Waals surface area contributed by atoms with Gasteiger partial charge in [-0.15, -0.1) is 0 Å². The molecule has 196 valence electrons. The zero-order valence-electron chi connectivity index (χ0n) is 20.4. The number of benzene rings is 2. The van der Waals surface area contributed by atoms with Crippen LogP contribution in [0, 0.1) is 5.82 Å². The first-order valence-corrected chi connectivity index (χ1v) is 12.7. The summed E-state index contributed by atoms with van der Waals surface area (Å²) in [4.78, 5) is 22.5. The number of methoxy groups -OCH3 is 1. The molecule has 37 heavy (non-hydrogen) atoms. The minimum Gasteiger partial charge on any atom is -0.493 e. The molecule has 9 nitrogen and oxygen atoms in total. The molecule has 0 spiro atoms. The zero-order chi connectivity index (χ0) is 26.1. The fraction of sp³-hybridized carbons (Fsp3) is 0.423. The molecule has 0 radical (unpaired) electrons. The average molecular weight is 530 g/mol. The molecule has 1 aliphatic carbocycles. The molecule has 1 aliphatic heterocycles. The molecule has 2 fully saturated rings. The van der Waals surface area contributed by atoms with E-state index in [1.54, 1.807) is 31.4 Å². The first-order chi connectivity index (χ1) is 17.8. The van der Waals surface area contributed by atoms with Gasteiger partial charge in [-0.3, -0.25) is 9.69 Å². The van der Waals surface area contributed by atoms with E-state index in [4.69, 9.17) is 26.8 Å². The summed E-state index contributed by atoms with van der Waals surface area (Å²) in [5.41, 5.74) is 6.38. The number of amides is 1. The van der Waals surface area contributed by atoms with Gasteiger partial charge >= 0.3 is 0 Å². The van der Waals surface area contributed by atoms with Crippen LogP contribution in [0.3, 0.4) is 0 Å². The van der Waals surface area contributed by atoms with Crippen molar-refractivity contribution in [1.29, 1.82) is 0 Å². The second-order valence-corrected chi connectivity index (χ2v) is 9.93. The molecule has 1 saturated carbocycles. The number of primary amides is 1. The maximum absolute atomic E-state index is 14.5. The minimum atomic E-state index is -0.568. The Morgan fingerprint density at radius 3 is 2.73 bits per heavy atom. The lowest BCUT2D eigenvalue weighted by Crippen LogP contribution is -2.48. The third-order valence-corrected chi connectivity index (χ3v) is 7.47. The molecule has 1 amide bonds. The Morgan fingerprint density at radius 1 is 1.22 bits per heavy atom. The molecular formula is C26H29ClFN5O4. The van der Waals surface area contributed by atoms with Crippen LogP contribution in [0.2, 0.25) is 5.02 Å². The summed E-state index contributed by atoms with van der Waals surface area (Å²) in [6.07, 6.45) is 4.37. The number of anilines is 2. The molecule has 0 unspecified atom stereocenters. The van der Waals surface area contributed by atoms with Crippen molar-refractivity contribution in [3.05, 3.63) is 47.5 Å². The number of aromatic nitrogens is 2. The predicted molar refractivity (Wildman–Crippen MR) is 138 cm³/mol. The third-order valence-electron chi connectivity index (χ3n) is 7.18. The van der Waals surface area contributed by atoms with Crippen LogP contribution < -0.4 is 20.5 Å². The van der Waals surface area contributed by atoms with Crippen LogP contribution >= 0.6 is 11.6 Å². The molecule has 3 aromatic rings. The predicted octanol–water partition coefficient (Wildman–Crippen LogP) is 3.79. The highest BCUT2D eigenvalue weighted by atomic mass is 35.5. The van der Waals surface area contributed by atoms with Gasteiger partial charge in [-0.05, 0) is 50.3 Å². The topological polar surface area (TPSA) is 123 Å². The summed E-state index contributed by atoms with van der Waals surface area (Å²) in [6.45, 7) is 0.464. The van der Waals surface area contributed by atoms with Gasteiger partial charge in [-0.1, -0.05) is 17.7 Å². The van der Waals surface area contributed by atoms with Crippen LogP contribution in [0.4, 0.5) is 15.9 Å². The average Bonchev–Trinajstić information content (AvgIpc) is 3.29. The van der Waals surface area contributed by atoms with Gasteiger partial charge in [0.05, 0.1) is 41.6 Å². The van der Waals surface area contributed by atoms with Crippen LogP contribution in [-0.2, 0) is 4.79 Å². The number of nitrogens with one attached hydrogen (secondary N) is 1. The van der Waals surface area contributed by atoms with E-state index in [1.807, 2.05) is 4.90 Å². The van der Waals surface area contributed by atoms with Gasteiger partial charge in [-0.25, -0.2) is 14.4 Å². The van der Waals surface area contributed by atoms with Gasteiger partial charge in [-0.2, -0.15) is 0 Å². The Hall–Kier alpha value is -3.21. The van der Waals surface area contributed by atoms with Crippen LogP contribution in [0.1, 0.15) is 32.1 Å². The number of carbonyl (C=O) groups is 1. The van der Waals surface area contributed by atoms with Crippen LogP contribution in [0.5, 0.6) is 11.5 Å². The van der Waals surface area contributed by atoms with Crippen molar-refractivity contribution >= 4 is 39.9 Å². The molecule has 4 N–H and O–H groups in total. The normalized spacial score (nSPS) is 24.2. The maximum Gasteiger partial charge on any atom is 0.234 e. The number of rotatable bonds is 7. The number of nitrogens with zero attached hydrogens (tertiary/aromatic N) is 3. The number of fused-ring (bicyclic) bond motifs is 1. The fourth-order valence-electron chi connectivity index (χ4n) is 5.34. The summed E-state index contributed by atoms with van der Waals surface area (Å²) in [5.74, 6) is 0.522. The molecule has 0 bridgehead atoms. The summed E-state index contributed by atoms with van der Waals surface area (Å²) < 4.78 is 26.5. The molecule has 1 aromatic heterocycles. The van der Waals surface area contributed by atoms with E-state index in [0.717, 1.165) is 25.7 Å². The Balaban J connectivity index is 1.34. The number of hydrogen-bond donors (Lipinski definition) is 3. The maximum atomic E-state index is 14.5. The lowest BCUT2D eigenvalue weighted by atomic mass is 9.91. The first-order valence-electron chi connectivity index (χ1n) is 12.3. The monoisotopic (exact) mass is 529 g/mol. The zero-order valence-corrected chi connectivity index (χ0v) is 21.1. The molecule has 2 atom stereocenters. The number of aliphatic hydroxyl groups excluding tert-OH is 1. The first kappa shape index (κ1) is 25.4. The van der Waals surface area contributed by atoms with Crippen LogP contribution in [0.15, 0.2) is 36.7 Å². The van der Waals surface area contributed by atoms with Crippen molar-refractivity contribution in [2.75, 3.05) is 19.0 Å². The summed E-state index contributed by atoms with van der Waals surface area (Å²) in [6, 6.07) is 8.02. The number of likely N-dealkylation sites (tertiary alicyclic amines) is 1. The lowest BCUT2D eigenvalue weighted by Gasteiger charge is -2.37. The van der Waals surface area contributed by atoms with Crippen molar-refractivity contribution < 1.29 is 23.8 Å². The Bertz CT molecular complexity index is 1300. The number of halogens is 2. The Labute approximate surface area is 218 Å². The lowest BCUT2D eigenvalue weighted by molar-refractivity contribution is -0.123. The summed E-state index contributed by atoms with van der Waals surface area (Å²) in [7, 11) is 1.56. The highest BCUT2D eigenvalue weighted by Crippen LogP contribution is 2.38. The fourth-order valence-corrected chi connectivity index (χ4v) is 5.51. The number of ether oxygens (including phenoxy) is 2. The second kappa shape index (κ2) is 10.6. The van der Waals surface area contributed by atoms with Crippen molar-refractivity contribution in [2.45, 2.75) is 56.4 Å². The number of carbonyl (C=O) groups excluding carboxylic acids is 1. The number of aliphatic hydroxyl groups is 1. The van der Waals surface area contributed by atoms with E-state index in [2.05, 4.69) is 15.3 Å². The van der Waals surface area contributed by atoms with E-state index >= 15 is 0 Å². The largest absolute Gasteiger partial charge is 0.493 e. The summed E-state index contributed by atoms with van der Waals surface area (Å²) in [5, 5.41) is 13.7. The second-order valence-electron chi connectivity index (χ2n) is 9.52. The highest BCUT2D eigenvalue weighted by molar-refractivity contribution is 6.31. The molecule has 11 heteroatoms. The van der Waals surface area contributed by atoms with E-state index in [1.165, 1.54) is 12.4 Å². The number of nitrogens with two attached hydrogens (primary N) is 1. The molecule has 5 rings (SSSR count). The quantitative estimate of drug-likeness (QED) is 0.422. The molecule has 2 aliphatic rings. The van der Waals surface area contributed by atoms with Crippen LogP contribution in [0.25, 0.3) is 10.9 Å². The highest BCUT2D eigenvalue weighted by Gasteiger charge is 2.40. The van der Waals surface area contributed by atoms with Gasteiger partial charge in [0.1, 0.15) is 12.1 Å². The van der Waals surface area contributed by atoms with Crippen LogP contribution in [-0.4, -0.2) is 63.8 Å². The molecular weight excluding hydrogens is 501 g/mol. The van der Waals surface area contributed by atoms with E-state index in [0.29, 0.717) is 41.2 Å². The molecule has 1 saturated heterocycles. The minimum absolute atomic E-state index is 0.00949. The van der Waals surface area contributed by atoms with Gasteiger partial charge < -0.3 is 25.6 Å². The summed E-state index contributed by atoms with van der Waals surface area (Å²) >= 11 is 5.93. The van der Waals surface area contributed by atoms with Gasteiger partial charge in [0.15, 0.2) is 17.3 Å². The molecule has 2 heterocycles. The van der Waals surface area contributed by atoms with Crippen molar-refractivity contribution in [2.24, 2.45) is 5.73 Å². The van der Waals surface area contributed by atoms with E-state index in [-0.39, 0.29) is 28.8 Å². The standard InChI is InChI=1S/C26H29ClFN5O4/c1-36-22-11-20-17(26(31-13-30-20)32-19-4-2-3-18(27)24(19)28)10-23(22)37-16-7-5-14(6-8-16)33-12-15(34)9-21(33)25(29)35/h2-4,10-11,13-16,21,34H,5-9,12H2,1H3,(H2,29,35)(H,30,31,32)/t14?,15-,16?,21+/m1/s1. The Morgan fingerprint density at radius 2 is 2.00 bits per heavy atom. The Kier molecular flexibility index (Phi) is 7.32. The number of hydrogen-bond acceptors (Lipinski definition) is 8. The van der Waals surface area contributed by atoms with Gasteiger partial charge in [0, 0.05) is 24.0 Å². The van der Waals surface area contributed by atoms with Gasteiger partial charge in [0.2, 0.25) is 5.91 Å². The third kappa shape index (κ3) is 5.27.